The molecule has 2 rings (SSSR count). The van der Waals surface area contributed by atoms with Crippen molar-refractivity contribution in [1.29, 1.82) is 0 Å². The van der Waals surface area contributed by atoms with E-state index in [1.807, 2.05) is 19.1 Å². The number of halogens is 3. The highest BCUT2D eigenvalue weighted by Crippen LogP contribution is 2.29. The SMILES string of the molecule is Cc1ccccc1OCC(=O)Nc1ccc(C(F)(F)F)cc1. The lowest BCUT2D eigenvalue weighted by atomic mass is 10.2. The van der Waals surface area contributed by atoms with Crippen LogP contribution in [0.4, 0.5) is 18.9 Å². The molecule has 0 saturated heterocycles. The van der Waals surface area contributed by atoms with Gasteiger partial charge in [0.2, 0.25) is 0 Å². The van der Waals surface area contributed by atoms with Gasteiger partial charge >= 0.3 is 6.18 Å². The third-order valence-corrected chi connectivity index (χ3v) is 2.95. The van der Waals surface area contributed by atoms with Crippen LogP contribution in [-0.4, -0.2) is 12.5 Å². The van der Waals surface area contributed by atoms with Crippen LogP contribution in [0.3, 0.4) is 0 Å². The zero-order chi connectivity index (χ0) is 16.2. The summed E-state index contributed by atoms with van der Waals surface area (Å²) in [5.74, 6) is 0.146. The lowest BCUT2D eigenvalue weighted by molar-refractivity contribution is -0.137. The fraction of sp³-hybridized carbons (Fsp3) is 0.188. The van der Waals surface area contributed by atoms with E-state index in [-0.39, 0.29) is 12.3 Å². The van der Waals surface area contributed by atoms with Gasteiger partial charge in [-0.05, 0) is 42.8 Å². The Morgan fingerprint density at radius 3 is 2.32 bits per heavy atom. The number of amides is 1. The van der Waals surface area contributed by atoms with Crippen molar-refractivity contribution in [1.82, 2.24) is 0 Å². The number of rotatable bonds is 4. The monoisotopic (exact) mass is 309 g/mol. The second-order valence-electron chi connectivity index (χ2n) is 4.68. The van der Waals surface area contributed by atoms with Crippen LogP contribution in [0.25, 0.3) is 0 Å². The Labute approximate surface area is 125 Å². The molecule has 22 heavy (non-hydrogen) atoms. The van der Waals surface area contributed by atoms with Gasteiger partial charge in [-0.15, -0.1) is 0 Å². The molecule has 1 amide bonds. The molecular weight excluding hydrogens is 295 g/mol. The van der Waals surface area contributed by atoms with Gasteiger partial charge in [-0.3, -0.25) is 4.79 Å². The number of alkyl halides is 3. The first-order valence-corrected chi connectivity index (χ1v) is 6.52. The van der Waals surface area contributed by atoms with Gasteiger partial charge in [0.05, 0.1) is 5.56 Å². The average molecular weight is 309 g/mol. The second-order valence-corrected chi connectivity index (χ2v) is 4.68. The van der Waals surface area contributed by atoms with E-state index in [4.69, 9.17) is 4.74 Å². The number of aryl methyl sites for hydroxylation is 1. The average Bonchev–Trinajstić information content (AvgIpc) is 2.46. The third-order valence-electron chi connectivity index (χ3n) is 2.95. The predicted octanol–water partition coefficient (Wildman–Crippen LogP) is 4.03. The molecule has 0 unspecified atom stereocenters. The van der Waals surface area contributed by atoms with Crippen LogP contribution in [0, 0.1) is 6.92 Å². The normalized spacial score (nSPS) is 11.1. The van der Waals surface area contributed by atoms with Crippen molar-refractivity contribution in [2.75, 3.05) is 11.9 Å². The summed E-state index contributed by atoms with van der Waals surface area (Å²) in [6.45, 7) is 1.63. The molecule has 0 aromatic heterocycles. The number of benzene rings is 2. The number of hydrogen-bond acceptors (Lipinski definition) is 2. The number of carbonyl (C=O) groups excluding carboxylic acids is 1. The summed E-state index contributed by atoms with van der Waals surface area (Å²) in [7, 11) is 0. The lowest BCUT2D eigenvalue weighted by Crippen LogP contribution is -2.20. The predicted molar refractivity (Wildman–Crippen MR) is 76.7 cm³/mol. The van der Waals surface area contributed by atoms with Gasteiger partial charge in [0.25, 0.3) is 5.91 Å². The van der Waals surface area contributed by atoms with Crippen molar-refractivity contribution in [3.8, 4) is 5.75 Å². The molecule has 0 atom stereocenters. The van der Waals surface area contributed by atoms with Crippen LogP contribution >= 0.6 is 0 Å². The maximum absolute atomic E-state index is 12.4. The minimum absolute atomic E-state index is 0.216. The smallest absolute Gasteiger partial charge is 0.416 e. The number of nitrogens with one attached hydrogen (secondary N) is 1. The number of anilines is 1. The molecule has 2 aromatic carbocycles. The molecule has 0 aliphatic rings. The first-order chi connectivity index (χ1) is 10.4. The number of ether oxygens (including phenoxy) is 1. The maximum atomic E-state index is 12.4. The Kier molecular flexibility index (Phi) is 4.70. The zero-order valence-corrected chi connectivity index (χ0v) is 11.8. The highest BCUT2D eigenvalue weighted by Gasteiger charge is 2.29. The van der Waals surface area contributed by atoms with Crippen LogP contribution in [0.5, 0.6) is 5.75 Å². The van der Waals surface area contributed by atoms with E-state index < -0.39 is 17.6 Å². The van der Waals surface area contributed by atoms with E-state index in [0.29, 0.717) is 5.75 Å². The number of hydrogen-bond donors (Lipinski definition) is 1. The van der Waals surface area contributed by atoms with E-state index in [1.54, 1.807) is 12.1 Å². The van der Waals surface area contributed by atoms with E-state index in [9.17, 15) is 18.0 Å². The van der Waals surface area contributed by atoms with Gasteiger partial charge in [-0.25, -0.2) is 0 Å². The van der Waals surface area contributed by atoms with Gasteiger partial charge in [-0.2, -0.15) is 13.2 Å². The van der Waals surface area contributed by atoms with Crippen molar-refractivity contribution in [2.45, 2.75) is 13.1 Å². The van der Waals surface area contributed by atoms with Crippen LogP contribution in [0.1, 0.15) is 11.1 Å². The first-order valence-electron chi connectivity index (χ1n) is 6.52. The lowest BCUT2D eigenvalue weighted by Gasteiger charge is -2.10. The highest BCUT2D eigenvalue weighted by atomic mass is 19.4. The van der Waals surface area contributed by atoms with E-state index in [1.165, 1.54) is 12.1 Å². The molecule has 0 aliphatic carbocycles. The fourth-order valence-electron chi connectivity index (χ4n) is 1.80. The number of carbonyl (C=O) groups is 1. The summed E-state index contributed by atoms with van der Waals surface area (Å²) in [4.78, 5) is 11.7. The summed E-state index contributed by atoms with van der Waals surface area (Å²) >= 11 is 0. The third kappa shape index (κ3) is 4.25. The van der Waals surface area contributed by atoms with Crippen LogP contribution in [0.15, 0.2) is 48.5 Å². The van der Waals surface area contributed by atoms with Crippen LogP contribution < -0.4 is 10.1 Å². The molecular formula is C16H14F3NO2. The molecule has 2 aromatic rings. The molecule has 0 heterocycles. The Balaban J connectivity index is 1.91. The molecule has 0 radical (unpaired) electrons. The second kappa shape index (κ2) is 6.51. The molecule has 1 N–H and O–H groups in total. The van der Waals surface area contributed by atoms with Gasteiger partial charge in [0, 0.05) is 5.69 Å². The molecule has 116 valence electrons. The summed E-state index contributed by atoms with van der Waals surface area (Å²) in [6, 6.07) is 11.5. The van der Waals surface area contributed by atoms with Crippen LogP contribution in [0.2, 0.25) is 0 Å². The Morgan fingerprint density at radius 1 is 1.09 bits per heavy atom. The molecule has 0 spiro atoms. The summed E-state index contributed by atoms with van der Waals surface area (Å²) in [5, 5.41) is 2.48. The van der Waals surface area contributed by atoms with Gasteiger partial charge in [-0.1, -0.05) is 18.2 Å². The molecule has 0 bridgehead atoms. The first kappa shape index (κ1) is 15.9. The fourth-order valence-corrected chi connectivity index (χ4v) is 1.80. The summed E-state index contributed by atoms with van der Waals surface area (Å²) < 4.78 is 42.6. The zero-order valence-electron chi connectivity index (χ0n) is 11.8. The minimum atomic E-state index is -4.39. The Bertz CT molecular complexity index is 651. The topological polar surface area (TPSA) is 38.3 Å². The standard InChI is InChI=1S/C16H14F3NO2/c1-11-4-2-3-5-14(11)22-10-15(21)20-13-8-6-12(7-9-13)16(17,18)19/h2-9H,10H2,1H3,(H,20,21). The van der Waals surface area contributed by atoms with Crippen molar-refractivity contribution in [2.24, 2.45) is 0 Å². The largest absolute Gasteiger partial charge is 0.483 e. The minimum Gasteiger partial charge on any atom is -0.483 e. The van der Waals surface area contributed by atoms with Gasteiger partial charge < -0.3 is 10.1 Å². The maximum Gasteiger partial charge on any atom is 0.416 e. The van der Waals surface area contributed by atoms with E-state index in [0.717, 1.165) is 17.7 Å². The van der Waals surface area contributed by atoms with Gasteiger partial charge in [0.15, 0.2) is 6.61 Å². The van der Waals surface area contributed by atoms with Crippen molar-refractivity contribution in [3.05, 3.63) is 59.7 Å². The van der Waals surface area contributed by atoms with Crippen molar-refractivity contribution in [3.63, 3.8) is 0 Å². The Hall–Kier alpha value is -2.50. The number of para-hydroxylation sites is 1. The summed E-state index contributed by atoms with van der Waals surface area (Å²) in [5.41, 5.74) is 0.415. The van der Waals surface area contributed by atoms with Crippen molar-refractivity contribution >= 4 is 11.6 Å². The van der Waals surface area contributed by atoms with E-state index >= 15 is 0 Å². The quantitative estimate of drug-likeness (QED) is 0.926. The van der Waals surface area contributed by atoms with E-state index in [2.05, 4.69) is 5.32 Å². The molecule has 3 nitrogen and oxygen atoms in total. The van der Waals surface area contributed by atoms with Gasteiger partial charge in [0.1, 0.15) is 5.75 Å². The molecule has 6 heteroatoms. The highest BCUT2D eigenvalue weighted by molar-refractivity contribution is 5.91. The molecule has 0 aliphatic heterocycles. The molecule has 0 fully saturated rings. The van der Waals surface area contributed by atoms with Crippen molar-refractivity contribution < 1.29 is 22.7 Å². The Morgan fingerprint density at radius 2 is 1.73 bits per heavy atom. The molecule has 0 saturated carbocycles. The summed E-state index contributed by atoms with van der Waals surface area (Å²) in [6.07, 6.45) is -4.39. The van der Waals surface area contributed by atoms with Crippen LogP contribution in [-0.2, 0) is 11.0 Å².